The first kappa shape index (κ1) is 15.8. The summed E-state index contributed by atoms with van der Waals surface area (Å²) in [7, 11) is 0. The van der Waals surface area contributed by atoms with Crippen LogP contribution in [0.3, 0.4) is 0 Å². The summed E-state index contributed by atoms with van der Waals surface area (Å²) in [6.45, 7) is 3.56. The van der Waals surface area contributed by atoms with Crippen molar-refractivity contribution in [3.63, 3.8) is 0 Å². The van der Waals surface area contributed by atoms with Gasteiger partial charge in [0.05, 0.1) is 11.3 Å². The lowest BCUT2D eigenvalue weighted by Crippen LogP contribution is -2.29. The maximum absolute atomic E-state index is 12.8. The van der Waals surface area contributed by atoms with Crippen molar-refractivity contribution in [3.05, 3.63) is 41.5 Å². The zero-order valence-electron chi connectivity index (χ0n) is 13.7. The first-order valence-electron chi connectivity index (χ1n) is 8.50. The lowest BCUT2D eigenvalue weighted by atomic mass is 10.0. The van der Waals surface area contributed by atoms with E-state index in [9.17, 15) is 9.59 Å². The molecule has 122 valence electrons. The Morgan fingerprint density at radius 3 is 2.74 bits per heavy atom. The molecule has 1 atom stereocenters. The number of hydrogen-bond acceptors (Lipinski definition) is 2. The molecule has 4 nitrogen and oxygen atoms in total. The van der Waals surface area contributed by atoms with Crippen molar-refractivity contribution in [2.75, 3.05) is 18.4 Å². The van der Waals surface area contributed by atoms with Crippen molar-refractivity contribution in [1.82, 2.24) is 4.90 Å². The monoisotopic (exact) mass is 312 g/mol. The average molecular weight is 312 g/mol. The number of rotatable bonds is 4. The molecular weight excluding hydrogens is 288 g/mol. The number of hydrogen-bond donors (Lipinski definition) is 1. The molecule has 1 aromatic carbocycles. The van der Waals surface area contributed by atoms with E-state index in [1.54, 1.807) is 0 Å². The van der Waals surface area contributed by atoms with E-state index >= 15 is 0 Å². The van der Waals surface area contributed by atoms with Crippen LogP contribution in [0.2, 0.25) is 0 Å². The number of allylic oxidation sites excluding steroid dienone is 2. The molecule has 1 unspecified atom stereocenters. The number of nitrogens with zero attached hydrogens (tertiary/aromatic N) is 1. The number of carbonyl (C=O) groups is 2. The maximum atomic E-state index is 12.8. The zero-order chi connectivity index (χ0) is 16.2. The third-order valence-corrected chi connectivity index (χ3v) is 4.71. The summed E-state index contributed by atoms with van der Waals surface area (Å²) in [5.74, 6) is 0.358. The molecule has 1 heterocycles. The van der Waals surface area contributed by atoms with E-state index in [4.69, 9.17) is 0 Å². The van der Waals surface area contributed by atoms with Crippen LogP contribution in [-0.2, 0) is 4.79 Å². The van der Waals surface area contributed by atoms with Gasteiger partial charge in [0.15, 0.2) is 0 Å². The highest BCUT2D eigenvalue weighted by Gasteiger charge is 2.24. The predicted molar refractivity (Wildman–Crippen MR) is 91.4 cm³/mol. The molecule has 1 aromatic rings. The molecule has 0 saturated carbocycles. The second-order valence-corrected chi connectivity index (χ2v) is 6.51. The van der Waals surface area contributed by atoms with Crippen molar-refractivity contribution in [2.45, 2.75) is 39.0 Å². The van der Waals surface area contributed by atoms with Crippen LogP contribution in [0.15, 0.2) is 30.4 Å². The third-order valence-electron chi connectivity index (χ3n) is 4.71. The van der Waals surface area contributed by atoms with Gasteiger partial charge < -0.3 is 10.2 Å². The van der Waals surface area contributed by atoms with Gasteiger partial charge >= 0.3 is 0 Å². The Hall–Kier alpha value is -2.10. The molecule has 4 heteroatoms. The molecule has 3 rings (SSSR count). The fourth-order valence-electron chi connectivity index (χ4n) is 3.44. The Balaban J connectivity index is 1.75. The third kappa shape index (κ3) is 3.63. The van der Waals surface area contributed by atoms with Gasteiger partial charge in [-0.2, -0.15) is 0 Å². The molecule has 1 N–H and O–H groups in total. The van der Waals surface area contributed by atoms with Gasteiger partial charge in [-0.25, -0.2) is 0 Å². The molecule has 0 spiro atoms. The molecule has 1 saturated heterocycles. The lowest BCUT2D eigenvalue weighted by molar-refractivity contribution is -0.116. The van der Waals surface area contributed by atoms with Crippen LogP contribution in [0.1, 0.15) is 48.0 Å². The Labute approximate surface area is 137 Å². The second-order valence-electron chi connectivity index (χ2n) is 6.51. The number of aryl methyl sites for hydroxylation is 1. The van der Waals surface area contributed by atoms with Crippen LogP contribution in [0.25, 0.3) is 0 Å². The van der Waals surface area contributed by atoms with Crippen LogP contribution in [0.5, 0.6) is 0 Å². The first-order valence-corrected chi connectivity index (χ1v) is 8.50. The van der Waals surface area contributed by atoms with Crippen LogP contribution < -0.4 is 5.32 Å². The van der Waals surface area contributed by atoms with Crippen molar-refractivity contribution in [1.29, 1.82) is 0 Å². The van der Waals surface area contributed by atoms with Crippen LogP contribution in [0, 0.1) is 12.8 Å². The molecular formula is C19H24N2O2. The predicted octanol–water partition coefficient (Wildman–Crippen LogP) is 3.53. The van der Waals surface area contributed by atoms with E-state index in [1.165, 1.54) is 0 Å². The minimum Gasteiger partial charge on any atom is -0.339 e. The largest absolute Gasteiger partial charge is 0.339 e. The molecule has 23 heavy (non-hydrogen) atoms. The highest BCUT2D eigenvalue weighted by molar-refractivity contribution is 6.05. The van der Waals surface area contributed by atoms with Gasteiger partial charge in [-0.1, -0.05) is 24.3 Å². The fraction of sp³-hybridized carbons (Fsp3) is 0.474. The average Bonchev–Trinajstić information content (AvgIpc) is 3.20. The van der Waals surface area contributed by atoms with Crippen molar-refractivity contribution in [2.24, 2.45) is 5.92 Å². The Bertz CT molecular complexity index is 630. The van der Waals surface area contributed by atoms with Crippen molar-refractivity contribution in [3.8, 4) is 0 Å². The van der Waals surface area contributed by atoms with Gasteiger partial charge in [0.25, 0.3) is 5.91 Å². The number of anilines is 1. The number of benzene rings is 1. The summed E-state index contributed by atoms with van der Waals surface area (Å²) in [5, 5.41) is 2.96. The number of nitrogens with one attached hydrogen (secondary N) is 1. The van der Waals surface area contributed by atoms with E-state index in [2.05, 4.69) is 17.5 Å². The SMILES string of the molecule is Cc1cccc(NC(=O)CC2C=CCC2)c1C(=O)N1CCCC1. The van der Waals surface area contributed by atoms with Gasteiger partial charge in [0.1, 0.15) is 0 Å². The van der Waals surface area contributed by atoms with Gasteiger partial charge in [0.2, 0.25) is 5.91 Å². The van der Waals surface area contributed by atoms with E-state index in [-0.39, 0.29) is 11.8 Å². The molecule has 2 aliphatic rings. The number of carbonyl (C=O) groups excluding carboxylic acids is 2. The highest BCUT2D eigenvalue weighted by Crippen LogP contribution is 2.25. The quantitative estimate of drug-likeness (QED) is 0.865. The van der Waals surface area contributed by atoms with Gasteiger partial charge in [-0.05, 0) is 50.2 Å². The second kappa shape index (κ2) is 6.99. The molecule has 1 aliphatic carbocycles. The van der Waals surface area contributed by atoms with Crippen molar-refractivity contribution < 1.29 is 9.59 Å². The summed E-state index contributed by atoms with van der Waals surface area (Å²) in [6, 6.07) is 5.65. The van der Waals surface area contributed by atoms with Gasteiger partial charge in [-0.3, -0.25) is 9.59 Å². The Morgan fingerprint density at radius 1 is 1.26 bits per heavy atom. The normalized spacial score (nSPS) is 20.0. The minimum absolute atomic E-state index is 0.0115. The Kier molecular flexibility index (Phi) is 4.79. The van der Waals surface area contributed by atoms with Crippen LogP contribution >= 0.6 is 0 Å². The lowest BCUT2D eigenvalue weighted by Gasteiger charge is -2.20. The number of likely N-dealkylation sites (tertiary alicyclic amines) is 1. The van der Waals surface area contributed by atoms with Gasteiger partial charge in [-0.15, -0.1) is 0 Å². The van der Waals surface area contributed by atoms with Crippen molar-refractivity contribution >= 4 is 17.5 Å². The van der Waals surface area contributed by atoms with Crippen LogP contribution in [0.4, 0.5) is 5.69 Å². The standard InChI is InChI=1S/C19H24N2O2/c1-14-7-6-10-16(18(14)19(23)21-11-4-5-12-21)20-17(22)13-15-8-2-3-9-15/h2,6-8,10,15H,3-5,9,11-13H2,1H3,(H,20,22). The molecule has 0 radical (unpaired) electrons. The maximum Gasteiger partial charge on any atom is 0.256 e. The molecule has 1 aliphatic heterocycles. The fourth-order valence-corrected chi connectivity index (χ4v) is 3.44. The van der Waals surface area contributed by atoms with E-state index in [1.807, 2.05) is 30.0 Å². The molecule has 1 fully saturated rings. The number of amides is 2. The summed E-state index contributed by atoms with van der Waals surface area (Å²) < 4.78 is 0. The van der Waals surface area contributed by atoms with E-state index < -0.39 is 0 Å². The smallest absolute Gasteiger partial charge is 0.256 e. The van der Waals surface area contributed by atoms with Gasteiger partial charge in [0, 0.05) is 19.5 Å². The zero-order valence-corrected chi connectivity index (χ0v) is 13.7. The Morgan fingerprint density at radius 2 is 2.04 bits per heavy atom. The summed E-state index contributed by atoms with van der Waals surface area (Å²) in [6.07, 6.45) is 8.96. The van der Waals surface area contributed by atoms with Crippen LogP contribution in [-0.4, -0.2) is 29.8 Å². The summed E-state index contributed by atoms with van der Waals surface area (Å²) in [5.41, 5.74) is 2.21. The first-order chi connectivity index (χ1) is 11.1. The highest BCUT2D eigenvalue weighted by atomic mass is 16.2. The summed E-state index contributed by atoms with van der Waals surface area (Å²) >= 11 is 0. The topological polar surface area (TPSA) is 49.4 Å². The molecule has 0 aromatic heterocycles. The van der Waals surface area contributed by atoms with E-state index in [0.717, 1.165) is 44.3 Å². The minimum atomic E-state index is -0.0115. The van der Waals surface area contributed by atoms with E-state index in [0.29, 0.717) is 23.6 Å². The molecule has 0 bridgehead atoms. The molecule has 2 amide bonds. The summed E-state index contributed by atoms with van der Waals surface area (Å²) in [4.78, 5) is 27.0.